The minimum atomic E-state index is 0.0916. The number of carbonyl (C=O) groups excluding carboxylic acids is 1. The molecule has 0 radical (unpaired) electrons. The second kappa shape index (κ2) is 4.58. The van der Waals surface area contributed by atoms with Gasteiger partial charge in [-0.25, -0.2) is 0 Å². The second-order valence-electron chi connectivity index (χ2n) is 6.59. The number of hydrogen-bond donors (Lipinski definition) is 0. The molecule has 108 valence electrons. The Bertz CT molecular complexity index is 525. The maximum absolute atomic E-state index is 12.7. The van der Waals surface area contributed by atoms with Crippen molar-refractivity contribution in [3.63, 3.8) is 0 Å². The molecule has 2 aliphatic heterocycles. The van der Waals surface area contributed by atoms with Crippen LogP contribution in [0.5, 0.6) is 0 Å². The van der Waals surface area contributed by atoms with E-state index in [0.29, 0.717) is 17.5 Å². The lowest BCUT2D eigenvalue weighted by Crippen LogP contribution is -2.33. The average Bonchev–Trinajstić information content (AvgIpc) is 3.09. The van der Waals surface area contributed by atoms with Gasteiger partial charge in [0.05, 0.1) is 0 Å². The minimum absolute atomic E-state index is 0.0916. The van der Waals surface area contributed by atoms with E-state index in [1.54, 1.807) is 0 Å². The molecule has 2 atom stereocenters. The van der Waals surface area contributed by atoms with E-state index < -0.39 is 0 Å². The van der Waals surface area contributed by atoms with Gasteiger partial charge < -0.3 is 14.3 Å². The Balaban J connectivity index is 1.53. The minimum Gasteiger partial charge on any atom is -0.360 e. The molecule has 5 heteroatoms. The summed E-state index contributed by atoms with van der Waals surface area (Å²) in [6.45, 7) is 4.00. The van der Waals surface area contributed by atoms with Crippen LogP contribution in [0.2, 0.25) is 0 Å². The lowest BCUT2D eigenvalue weighted by Gasteiger charge is -2.19. The van der Waals surface area contributed by atoms with Crippen LogP contribution in [0.4, 0.5) is 0 Å². The molecule has 3 heterocycles. The van der Waals surface area contributed by atoms with Crippen molar-refractivity contribution >= 4 is 5.91 Å². The van der Waals surface area contributed by atoms with Crippen LogP contribution in [0.25, 0.3) is 0 Å². The van der Waals surface area contributed by atoms with Gasteiger partial charge in [-0.2, -0.15) is 0 Å². The predicted molar refractivity (Wildman–Crippen MR) is 73.5 cm³/mol. The molecule has 5 nitrogen and oxygen atoms in total. The summed E-state index contributed by atoms with van der Waals surface area (Å²) in [5, 5.41) is 4.07. The van der Waals surface area contributed by atoms with Crippen molar-refractivity contribution in [2.75, 3.05) is 33.2 Å². The lowest BCUT2D eigenvalue weighted by molar-refractivity contribution is 0.0764. The lowest BCUT2D eigenvalue weighted by atomic mass is 9.96. The largest absolute Gasteiger partial charge is 0.360 e. The molecule has 0 saturated carbocycles. The Hall–Kier alpha value is -1.36. The third kappa shape index (κ3) is 1.87. The zero-order valence-electron chi connectivity index (χ0n) is 12.0. The van der Waals surface area contributed by atoms with Crippen LogP contribution < -0.4 is 0 Å². The highest BCUT2D eigenvalue weighted by Crippen LogP contribution is 2.32. The summed E-state index contributed by atoms with van der Waals surface area (Å²) in [4.78, 5) is 17.0. The molecule has 2 fully saturated rings. The Morgan fingerprint density at radius 3 is 2.60 bits per heavy atom. The molecule has 0 N–H and O–H groups in total. The van der Waals surface area contributed by atoms with Gasteiger partial charge in [0, 0.05) is 38.2 Å². The Morgan fingerprint density at radius 1 is 1.15 bits per heavy atom. The van der Waals surface area contributed by atoms with Crippen molar-refractivity contribution in [1.29, 1.82) is 0 Å². The maximum atomic E-state index is 12.7. The van der Waals surface area contributed by atoms with E-state index in [-0.39, 0.29) is 5.91 Å². The molecule has 0 bridgehead atoms. The molecule has 20 heavy (non-hydrogen) atoms. The molecule has 0 aromatic carbocycles. The van der Waals surface area contributed by atoms with Gasteiger partial charge in [-0.1, -0.05) is 5.16 Å². The summed E-state index contributed by atoms with van der Waals surface area (Å²) >= 11 is 0. The Labute approximate surface area is 118 Å². The first-order valence-corrected chi connectivity index (χ1v) is 7.67. The normalized spacial score (nSPS) is 29.6. The quantitative estimate of drug-likeness (QED) is 0.772. The summed E-state index contributed by atoms with van der Waals surface area (Å²) in [5.74, 6) is 2.33. The van der Waals surface area contributed by atoms with E-state index in [9.17, 15) is 4.79 Å². The third-order valence-electron chi connectivity index (χ3n) is 5.11. The van der Waals surface area contributed by atoms with E-state index in [2.05, 4.69) is 17.1 Å². The summed E-state index contributed by atoms with van der Waals surface area (Å²) in [6, 6.07) is 0. The van der Waals surface area contributed by atoms with E-state index in [4.69, 9.17) is 4.52 Å². The van der Waals surface area contributed by atoms with Gasteiger partial charge in [0.1, 0.15) is 5.76 Å². The molecule has 1 aromatic rings. The number of nitrogens with zero attached hydrogens (tertiary/aromatic N) is 3. The average molecular weight is 275 g/mol. The number of amides is 1. The maximum Gasteiger partial charge on any atom is 0.276 e. The van der Waals surface area contributed by atoms with Crippen LogP contribution in [0.15, 0.2) is 4.52 Å². The van der Waals surface area contributed by atoms with Gasteiger partial charge in [-0.05, 0) is 38.1 Å². The van der Waals surface area contributed by atoms with E-state index >= 15 is 0 Å². The van der Waals surface area contributed by atoms with Crippen molar-refractivity contribution in [3.05, 3.63) is 17.0 Å². The van der Waals surface area contributed by atoms with Crippen LogP contribution in [0.3, 0.4) is 0 Å². The van der Waals surface area contributed by atoms with Gasteiger partial charge in [0.25, 0.3) is 5.91 Å². The van der Waals surface area contributed by atoms with Crippen molar-refractivity contribution in [2.45, 2.75) is 25.7 Å². The number of hydrogen-bond acceptors (Lipinski definition) is 4. The molecule has 1 aliphatic carbocycles. The summed E-state index contributed by atoms with van der Waals surface area (Å²) < 4.78 is 5.37. The predicted octanol–water partition coefficient (Wildman–Crippen LogP) is 1.19. The highest BCUT2D eigenvalue weighted by atomic mass is 16.5. The van der Waals surface area contributed by atoms with Gasteiger partial charge in [-0.15, -0.1) is 0 Å². The first kappa shape index (κ1) is 12.4. The summed E-state index contributed by atoms with van der Waals surface area (Å²) in [7, 11) is 2.17. The molecule has 2 unspecified atom stereocenters. The fourth-order valence-electron chi connectivity index (χ4n) is 4.10. The van der Waals surface area contributed by atoms with Crippen LogP contribution in [-0.2, 0) is 12.8 Å². The fourth-order valence-corrected chi connectivity index (χ4v) is 4.10. The Kier molecular flexibility index (Phi) is 2.84. The molecule has 1 aromatic heterocycles. The van der Waals surface area contributed by atoms with E-state index in [1.165, 1.54) is 0 Å². The number of fused-ring (bicyclic) bond motifs is 2. The molecule has 0 spiro atoms. The highest BCUT2D eigenvalue weighted by Gasteiger charge is 2.41. The van der Waals surface area contributed by atoms with Gasteiger partial charge >= 0.3 is 0 Å². The van der Waals surface area contributed by atoms with Crippen LogP contribution >= 0.6 is 0 Å². The standard InChI is InChI=1S/C15H21N3O2/c1-17-6-10-8-18(9-11(10)7-17)15(19)14-12-4-2-3-5-13(12)20-16-14/h10-11H,2-9H2,1H3. The highest BCUT2D eigenvalue weighted by molar-refractivity contribution is 5.94. The van der Waals surface area contributed by atoms with E-state index in [0.717, 1.165) is 63.2 Å². The van der Waals surface area contributed by atoms with E-state index in [1.807, 2.05) is 4.90 Å². The number of aromatic nitrogens is 1. The smallest absolute Gasteiger partial charge is 0.276 e. The van der Waals surface area contributed by atoms with Gasteiger partial charge in [-0.3, -0.25) is 4.79 Å². The first-order valence-electron chi connectivity index (χ1n) is 7.67. The summed E-state index contributed by atoms with van der Waals surface area (Å²) in [6.07, 6.45) is 4.18. The van der Waals surface area contributed by atoms with Crippen molar-refractivity contribution in [3.8, 4) is 0 Å². The number of rotatable bonds is 1. The molecule has 3 aliphatic rings. The Morgan fingerprint density at radius 2 is 1.85 bits per heavy atom. The number of carbonyl (C=O) groups is 1. The first-order chi connectivity index (χ1) is 9.72. The van der Waals surface area contributed by atoms with Crippen molar-refractivity contribution < 1.29 is 9.32 Å². The SMILES string of the molecule is CN1CC2CN(C(=O)c3noc4c3CCCC4)CC2C1. The zero-order chi connectivity index (χ0) is 13.7. The number of aryl methyl sites for hydroxylation is 1. The van der Waals surface area contributed by atoms with Gasteiger partial charge in [0.15, 0.2) is 5.69 Å². The fraction of sp³-hybridized carbons (Fsp3) is 0.733. The zero-order valence-corrected chi connectivity index (χ0v) is 12.0. The van der Waals surface area contributed by atoms with Crippen molar-refractivity contribution in [1.82, 2.24) is 15.0 Å². The monoisotopic (exact) mass is 275 g/mol. The molecule has 1 amide bonds. The molecule has 2 saturated heterocycles. The van der Waals surface area contributed by atoms with Crippen molar-refractivity contribution in [2.24, 2.45) is 11.8 Å². The number of likely N-dealkylation sites (tertiary alicyclic amines) is 2. The second-order valence-corrected chi connectivity index (χ2v) is 6.59. The summed E-state index contributed by atoms with van der Waals surface area (Å²) in [5.41, 5.74) is 1.67. The topological polar surface area (TPSA) is 49.6 Å². The third-order valence-corrected chi connectivity index (χ3v) is 5.11. The van der Waals surface area contributed by atoms with Crippen LogP contribution in [0.1, 0.15) is 34.7 Å². The molecular formula is C15H21N3O2. The molecular weight excluding hydrogens is 254 g/mol. The molecule has 4 rings (SSSR count). The van der Waals surface area contributed by atoms with Gasteiger partial charge in [0.2, 0.25) is 0 Å². The van der Waals surface area contributed by atoms with Crippen LogP contribution in [0, 0.1) is 11.8 Å². The van der Waals surface area contributed by atoms with Crippen LogP contribution in [-0.4, -0.2) is 54.1 Å².